The Bertz CT molecular complexity index is 491. The molecule has 0 aliphatic rings. The fourth-order valence-corrected chi connectivity index (χ4v) is 1.04. The molecule has 0 atom stereocenters. The van der Waals surface area contributed by atoms with Gasteiger partial charge in [-0.05, 0) is 23.8 Å². The first kappa shape index (κ1) is 11.4. The summed E-state index contributed by atoms with van der Waals surface area (Å²) < 4.78 is 5.18. The van der Waals surface area contributed by atoms with E-state index in [4.69, 9.17) is 21.7 Å². The summed E-state index contributed by atoms with van der Waals surface area (Å²) in [6.45, 7) is 0.219. The average Bonchev–Trinajstić information content (AvgIpc) is 2.35. The van der Waals surface area contributed by atoms with Gasteiger partial charge in [-0.1, -0.05) is 18.1 Å². The van der Waals surface area contributed by atoms with Gasteiger partial charge in [0, 0.05) is 0 Å². The average molecular weight is 208 g/mol. The van der Waals surface area contributed by atoms with Crippen molar-refractivity contribution in [1.82, 2.24) is 0 Å². The van der Waals surface area contributed by atoms with E-state index in [1.165, 1.54) is 6.08 Å². The largest absolute Gasteiger partial charge is 0.481 e. The second-order valence-electron chi connectivity index (χ2n) is 2.84. The molecule has 0 saturated heterocycles. The van der Waals surface area contributed by atoms with E-state index < -0.39 is 0 Å². The summed E-state index contributed by atoms with van der Waals surface area (Å²) in [5.41, 5.74) is 0.837. The third-order valence-electron chi connectivity index (χ3n) is 1.75. The van der Waals surface area contributed by atoms with Gasteiger partial charge in [-0.25, -0.2) is 0 Å². The molecule has 0 N–H and O–H groups in total. The lowest BCUT2D eigenvalue weighted by Gasteiger charge is -2.01. The van der Waals surface area contributed by atoms with Crippen molar-refractivity contribution in [2.45, 2.75) is 0 Å². The van der Waals surface area contributed by atoms with Crippen LogP contribution in [0.1, 0.15) is 5.56 Å². The first-order chi connectivity index (χ1) is 7.80. The first-order valence-corrected chi connectivity index (χ1v) is 4.48. The topological polar surface area (TPSA) is 56.8 Å². The Kier molecular flexibility index (Phi) is 4.20. The molecule has 0 aromatic heterocycles. The molecule has 0 fully saturated rings. The first-order valence-electron chi connectivity index (χ1n) is 4.48. The third kappa shape index (κ3) is 3.22. The van der Waals surface area contributed by atoms with Crippen molar-refractivity contribution in [3.8, 4) is 30.2 Å². The summed E-state index contributed by atoms with van der Waals surface area (Å²) in [6, 6.07) is 10.5. The van der Waals surface area contributed by atoms with Gasteiger partial charge >= 0.3 is 0 Å². The van der Waals surface area contributed by atoms with E-state index in [1.807, 2.05) is 0 Å². The van der Waals surface area contributed by atoms with E-state index in [9.17, 15) is 0 Å². The minimum atomic E-state index is 0.0669. The molecule has 3 heteroatoms. The number of nitriles is 2. The maximum Gasteiger partial charge on any atom is 0.148 e. The van der Waals surface area contributed by atoms with E-state index in [-0.39, 0.29) is 12.2 Å². The molecular formula is C13H8N2O. The molecule has 0 bridgehead atoms. The highest BCUT2D eigenvalue weighted by Crippen LogP contribution is 2.14. The van der Waals surface area contributed by atoms with Crippen LogP contribution in [-0.4, -0.2) is 6.61 Å². The molecule has 76 valence electrons. The molecule has 3 nitrogen and oxygen atoms in total. The molecule has 0 radical (unpaired) electrons. The molecule has 0 saturated carbocycles. The number of hydrogen-bond donors (Lipinski definition) is 0. The van der Waals surface area contributed by atoms with Crippen molar-refractivity contribution in [3.63, 3.8) is 0 Å². The molecule has 0 aliphatic carbocycles. The van der Waals surface area contributed by atoms with Gasteiger partial charge in [-0.2, -0.15) is 10.5 Å². The van der Waals surface area contributed by atoms with Crippen LogP contribution in [0.3, 0.4) is 0 Å². The molecule has 0 heterocycles. The zero-order valence-electron chi connectivity index (χ0n) is 8.47. The van der Waals surface area contributed by atoms with E-state index >= 15 is 0 Å². The van der Waals surface area contributed by atoms with Crippen LogP contribution in [0, 0.1) is 35.0 Å². The molecule has 1 rings (SSSR count). The lowest BCUT2D eigenvalue weighted by molar-refractivity contribution is 0.370. The smallest absolute Gasteiger partial charge is 0.148 e. The maximum absolute atomic E-state index is 8.57. The van der Waals surface area contributed by atoms with Gasteiger partial charge in [0.15, 0.2) is 0 Å². The van der Waals surface area contributed by atoms with Crippen molar-refractivity contribution in [3.05, 3.63) is 35.4 Å². The number of ether oxygens (including phenoxy) is 1. The molecule has 0 amide bonds. The number of rotatable bonds is 3. The van der Waals surface area contributed by atoms with Gasteiger partial charge in [-0.15, -0.1) is 6.42 Å². The molecular weight excluding hydrogens is 200 g/mol. The zero-order chi connectivity index (χ0) is 11.8. The Hall–Kier alpha value is -2.70. The lowest BCUT2D eigenvalue weighted by Crippen LogP contribution is -1.92. The Morgan fingerprint density at radius 3 is 2.38 bits per heavy atom. The van der Waals surface area contributed by atoms with Gasteiger partial charge in [0.1, 0.15) is 30.1 Å². The van der Waals surface area contributed by atoms with Gasteiger partial charge in [0.05, 0.1) is 0 Å². The Balaban J connectivity index is 2.81. The lowest BCUT2D eigenvalue weighted by atomic mass is 10.1. The minimum Gasteiger partial charge on any atom is -0.481 e. The predicted molar refractivity (Wildman–Crippen MR) is 60.0 cm³/mol. The summed E-state index contributed by atoms with van der Waals surface area (Å²) in [5, 5.41) is 17.1. The van der Waals surface area contributed by atoms with Crippen molar-refractivity contribution < 1.29 is 4.74 Å². The van der Waals surface area contributed by atoms with Crippen molar-refractivity contribution >= 4 is 6.08 Å². The fraction of sp³-hybridized carbons (Fsp3) is 0.0769. The highest BCUT2D eigenvalue weighted by molar-refractivity contribution is 5.62. The van der Waals surface area contributed by atoms with Gasteiger partial charge in [0.25, 0.3) is 0 Å². The van der Waals surface area contributed by atoms with E-state index in [2.05, 4.69) is 5.92 Å². The van der Waals surface area contributed by atoms with Crippen LogP contribution in [-0.2, 0) is 0 Å². The van der Waals surface area contributed by atoms with Crippen LogP contribution >= 0.6 is 0 Å². The highest BCUT2D eigenvalue weighted by Gasteiger charge is 1.95. The number of benzene rings is 1. The van der Waals surface area contributed by atoms with E-state index in [0.29, 0.717) is 5.75 Å². The van der Waals surface area contributed by atoms with Crippen molar-refractivity contribution in [2.75, 3.05) is 6.61 Å². The molecule has 0 spiro atoms. The fourth-order valence-electron chi connectivity index (χ4n) is 1.04. The quantitative estimate of drug-likeness (QED) is 0.564. The molecule has 1 aromatic rings. The zero-order valence-corrected chi connectivity index (χ0v) is 8.47. The van der Waals surface area contributed by atoms with Gasteiger partial charge < -0.3 is 4.74 Å². The van der Waals surface area contributed by atoms with Crippen LogP contribution in [0.25, 0.3) is 6.08 Å². The highest BCUT2D eigenvalue weighted by atomic mass is 16.5. The summed E-state index contributed by atoms with van der Waals surface area (Å²) >= 11 is 0. The van der Waals surface area contributed by atoms with Gasteiger partial charge in [0.2, 0.25) is 0 Å². The molecule has 0 unspecified atom stereocenters. The standard InChI is InChI=1S/C13H8N2O/c1-2-7-16-13-5-3-11(4-6-13)8-12(9-14)10-15/h1,3-6,8H,7H2. The SMILES string of the molecule is C#CCOc1ccc(C=C(C#N)C#N)cc1. The van der Waals surface area contributed by atoms with Crippen LogP contribution in [0.4, 0.5) is 0 Å². The Morgan fingerprint density at radius 2 is 1.88 bits per heavy atom. The monoisotopic (exact) mass is 208 g/mol. The minimum absolute atomic E-state index is 0.0669. The van der Waals surface area contributed by atoms with E-state index in [1.54, 1.807) is 36.4 Å². The van der Waals surface area contributed by atoms with Crippen LogP contribution in [0.2, 0.25) is 0 Å². The van der Waals surface area contributed by atoms with E-state index in [0.717, 1.165) is 5.56 Å². The number of allylic oxidation sites excluding steroid dienone is 1. The summed E-state index contributed by atoms with van der Waals surface area (Å²) in [4.78, 5) is 0. The molecule has 16 heavy (non-hydrogen) atoms. The molecule has 1 aromatic carbocycles. The summed E-state index contributed by atoms with van der Waals surface area (Å²) in [7, 11) is 0. The predicted octanol–water partition coefficient (Wildman–Crippen LogP) is 2.13. The van der Waals surface area contributed by atoms with Crippen molar-refractivity contribution in [1.29, 1.82) is 10.5 Å². The van der Waals surface area contributed by atoms with Crippen LogP contribution in [0.5, 0.6) is 5.75 Å². The molecule has 0 aliphatic heterocycles. The number of terminal acetylenes is 1. The number of nitrogens with zero attached hydrogens (tertiary/aromatic N) is 2. The van der Waals surface area contributed by atoms with Gasteiger partial charge in [-0.3, -0.25) is 0 Å². The number of hydrogen-bond acceptors (Lipinski definition) is 3. The second-order valence-corrected chi connectivity index (χ2v) is 2.84. The van der Waals surface area contributed by atoms with Crippen molar-refractivity contribution in [2.24, 2.45) is 0 Å². The second kappa shape index (κ2) is 5.91. The Morgan fingerprint density at radius 1 is 1.25 bits per heavy atom. The summed E-state index contributed by atoms with van der Waals surface area (Å²) in [5.74, 6) is 3.02. The van der Waals surface area contributed by atoms with Crippen LogP contribution < -0.4 is 4.74 Å². The third-order valence-corrected chi connectivity index (χ3v) is 1.75. The normalized spacial score (nSPS) is 8.06. The maximum atomic E-state index is 8.57. The summed E-state index contributed by atoms with van der Waals surface area (Å²) in [6.07, 6.45) is 6.56. The van der Waals surface area contributed by atoms with Crippen LogP contribution in [0.15, 0.2) is 29.8 Å². The Labute approximate surface area is 94.2 Å².